The van der Waals surface area contributed by atoms with Crippen LogP contribution in [0.4, 0.5) is 0 Å². The Kier molecular flexibility index (Phi) is 5.25. The SMILES string of the molecule is Cc1cc(C(=O)NC2CO[C@H]3CN(C(=O)c4cc5ccccc5s4)C[C@@H]3OC2)nn1C. The Morgan fingerprint density at radius 1 is 1.13 bits per heavy atom. The molecule has 2 aromatic heterocycles. The van der Waals surface area contributed by atoms with E-state index in [4.69, 9.17) is 9.47 Å². The zero-order valence-electron chi connectivity index (χ0n) is 17.4. The summed E-state index contributed by atoms with van der Waals surface area (Å²) in [4.78, 5) is 28.0. The van der Waals surface area contributed by atoms with Crippen LogP contribution < -0.4 is 5.32 Å². The monoisotopic (exact) mass is 440 g/mol. The van der Waals surface area contributed by atoms with E-state index in [0.29, 0.717) is 32.0 Å². The lowest BCUT2D eigenvalue weighted by Crippen LogP contribution is -2.41. The maximum Gasteiger partial charge on any atom is 0.272 e. The molecular weight excluding hydrogens is 416 g/mol. The van der Waals surface area contributed by atoms with Gasteiger partial charge in [-0.3, -0.25) is 14.3 Å². The fraction of sp³-hybridized carbons (Fsp3) is 0.409. The molecule has 2 fully saturated rings. The molecule has 2 saturated heterocycles. The number of carbonyl (C=O) groups is 2. The van der Waals surface area contributed by atoms with Gasteiger partial charge in [0, 0.05) is 30.5 Å². The van der Waals surface area contributed by atoms with Crippen molar-refractivity contribution in [2.24, 2.45) is 7.05 Å². The first-order valence-electron chi connectivity index (χ1n) is 10.3. The Labute approximate surface area is 183 Å². The maximum absolute atomic E-state index is 13.0. The highest BCUT2D eigenvalue weighted by atomic mass is 32.1. The summed E-state index contributed by atoms with van der Waals surface area (Å²) in [5, 5.41) is 8.23. The summed E-state index contributed by atoms with van der Waals surface area (Å²) in [6.07, 6.45) is -0.394. The molecule has 0 aliphatic carbocycles. The average molecular weight is 441 g/mol. The van der Waals surface area contributed by atoms with E-state index in [0.717, 1.165) is 20.7 Å². The largest absolute Gasteiger partial charge is 0.371 e. The molecule has 0 unspecified atom stereocenters. The van der Waals surface area contributed by atoms with Crippen molar-refractivity contribution in [3.8, 4) is 0 Å². The highest BCUT2D eigenvalue weighted by molar-refractivity contribution is 7.20. The van der Waals surface area contributed by atoms with Gasteiger partial charge in [-0.25, -0.2) is 0 Å². The molecule has 5 rings (SSSR count). The van der Waals surface area contributed by atoms with E-state index < -0.39 is 0 Å². The number of nitrogens with one attached hydrogen (secondary N) is 1. The molecule has 2 amide bonds. The van der Waals surface area contributed by atoms with Crippen molar-refractivity contribution in [3.05, 3.63) is 52.7 Å². The highest BCUT2D eigenvalue weighted by Crippen LogP contribution is 2.28. The third kappa shape index (κ3) is 3.96. The summed E-state index contributed by atoms with van der Waals surface area (Å²) >= 11 is 1.51. The van der Waals surface area contributed by atoms with Crippen LogP contribution in [0, 0.1) is 6.92 Å². The first-order chi connectivity index (χ1) is 15.0. The van der Waals surface area contributed by atoms with Gasteiger partial charge >= 0.3 is 0 Å². The first-order valence-corrected chi connectivity index (χ1v) is 11.1. The fourth-order valence-corrected chi connectivity index (χ4v) is 5.05. The van der Waals surface area contributed by atoms with E-state index in [1.165, 1.54) is 11.3 Å². The summed E-state index contributed by atoms with van der Waals surface area (Å²) in [5.74, 6) is -0.230. The normalized spacial score (nSPS) is 21.8. The predicted octanol–water partition coefficient (Wildman–Crippen LogP) is 1.98. The average Bonchev–Trinajstić information content (AvgIpc) is 3.43. The van der Waals surface area contributed by atoms with Crippen LogP contribution in [0.25, 0.3) is 10.1 Å². The van der Waals surface area contributed by atoms with Gasteiger partial charge in [-0.05, 0) is 30.5 Å². The summed E-state index contributed by atoms with van der Waals surface area (Å²) in [5.41, 5.74) is 1.29. The van der Waals surface area contributed by atoms with E-state index in [-0.39, 0.29) is 30.1 Å². The molecule has 0 spiro atoms. The van der Waals surface area contributed by atoms with E-state index >= 15 is 0 Å². The zero-order valence-corrected chi connectivity index (χ0v) is 18.2. The number of aromatic nitrogens is 2. The van der Waals surface area contributed by atoms with Crippen LogP contribution >= 0.6 is 11.3 Å². The first kappa shape index (κ1) is 20.2. The topological polar surface area (TPSA) is 85.7 Å². The number of ether oxygens (including phenoxy) is 2. The van der Waals surface area contributed by atoms with Crippen molar-refractivity contribution < 1.29 is 19.1 Å². The van der Waals surface area contributed by atoms with Gasteiger partial charge in [0.2, 0.25) is 0 Å². The van der Waals surface area contributed by atoms with Crippen LogP contribution in [0.3, 0.4) is 0 Å². The minimum Gasteiger partial charge on any atom is -0.371 e. The molecule has 4 heterocycles. The van der Waals surface area contributed by atoms with Crippen LogP contribution in [0.2, 0.25) is 0 Å². The lowest BCUT2D eigenvalue weighted by Gasteiger charge is -2.18. The van der Waals surface area contributed by atoms with Crippen LogP contribution in [0.5, 0.6) is 0 Å². The number of hydrogen-bond acceptors (Lipinski definition) is 6. The van der Waals surface area contributed by atoms with Crippen molar-refractivity contribution in [1.29, 1.82) is 0 Å². The summed E-state index contributed by atoms with van der Waals surface area (Å²) in [6, 6.07) is 11.4. The number of carbonyl (C=O) groups excluding carboxylic acids is 2. The Balaban J connectivity index is 1.19. The molecule has 2 atom stereocenters. The number of aryl methyl sites for hydroxylation is 2. The van der Waals surface area contributed by atoms with Crippen molar-refractivity contribution in [2.45, 2.75) is 25.2 Å². The quantitative estimate of drug-likeness (QED) is 0.673. The van der Waals surface area contributed by atoms with Crippen molar-refractivity contribution in [3.63, 3.8) is 0 Å². The molecule has 3 aromatic rings. The molecule has 31 heavy (non-hydrogen) atoms. The van der Waals surface area contributed by atoms with Crippen LogP contribution in [0.1, 0.15) is 25.9 Å². The standard InChI is InChI=1S/C22H24N4O4S/c1-13-7-16(24-25(13)2)21(27)23-15-11-29-17-9-26(10-18(17)30-12-15)22(28)20-8-14-5-3-4-6-19(14)31-20/h3-8,15,17-18H,9-12H2,1-2H3,(H,23,27)/t17-,18-/m0/s1. The van der Waals surface area contributed by atoms with Gasteiger partial charge in [-0.15, -0.1) is 11.3 Å². The lowest BCUT2D eigenvalue weighted by atomic mass is 10.2. The third-order valence-electron chi connectivity index (χ3n) is 5.84. The van der Waals surface area contributed by atoms with E-state index in [1.54, 1.807) is 22.7 Å². The van der Waals surface area contributed by atoms with Crippen LogP contribution in [-0.2, 0) is 16.5 Å². The van der Waals surface area contributed by atoms with Gasteiger partial charge in [0.25, 0.3) is 11.8 Å². The number of thiophene rings is 1. The Bertz CT molecular complexity index is 1070. The Morgan fingerprint density at radius 2 is 1.84 bits per heavy atom. The summed E-state index contributed by atoms with van der Waals surface area (Å²) in [7, 11) is 1.80. The lowest BCUT2D eigenvalue weighted by molar-refractivity contribution is -0.00461. The number of likely N-dealkylation sites (tertiary alicyclic amines) is 1. The van der Waals surface area contributed by atoms with Crippen molar-refractivity contribution >= 4 is 33.2 Å². The van der Waals surface area contributed by atoms with Gasteiger partial charge < -0.3 is 19.7 Å². The molecular formula is C22H24N4O4S. The minimum atomic E-state index is -0.257. The molecule has 9 heteroatoms. The number of amides is 2. The molecule has 0 saturated carbocycles. The maximum atomic E-state index is 13.0. The van der Waals surface area contributed by atoms with Crippen molar-refractivity contribution in [2.75, 3.05) is 26.3 Å². The van der Waals surface area contributed by atoms with Gasteiger partial charge in [0.1, 0.15) is 17.9 Å². The van der Waals surface area contributed by atoms with E-state index in [2.05, 4.69) is 10.4 Å². The molecule has 1 aromatic carbocycles. The third-order valence-corrected chi connectivity index (χ3v) is 6.95. The smallest absolute Gasteiger partial charge is 0.272 e. The summed E-state index contributed by atoms with van der Waals surface area (Å²) in [6.45, 7) is 3.54. The number of hydrogen-bond donors (Lipinski definition) is 1. The summed E-state index contributed by atoms with van der Waals surface area (Å²) < 4.78 is 14.8. The number of benzene rings is 1. The zero-order chi connectivity index (χ0) is 21.5. The van der Waals surface area contributed by atoms with Crippen LogP contribution in [-0.4, -0.2) is 71.0 Å². The highest BCUT2D eigenvalue weighted by Gasteiger charge is 2.40. The Hall–Kier alpha value is -2.75. The molecule has 1 N–H and O–H groups in total. The second-order valence-electron chi connectivity index (χ2n) is 8.07. The number of nitrogens with zero attached hydrogens (tertiary/aromatic N) is 3. The second-order valence-corrected chi connectivity index (χ2v) is 9.15. The molecule has 2 aliphatic heterocycles. The number of rotatable bonds is 3. The predicted molar refractivity (Wildman–Crippen MR) is 116 cm³/mol. The Morgan fingerprint density at radius 3 is 2.48 bits per heavy atom. The second kappa shape index (κ2) is 8.07. The van der Waals surface area contributed by atoms with Crippen LogP contribution in [0.15, 0.2) is 36.4 Å². The van der Waals surface area contributed by atoms with Gasteiger partial charge in [-0.2, -0.15) is 5.10 Å². The van der Waals surface area contributed by atoms with Crippen molar-refractivity contribution in [1.82, 2.24) is 20.0 Å². The molecule has 162 valence electrons. The molecule has 0 bridgehead atoms. The van der Waals surface area contributed by atoms with Gasteiger partial charge in [-0.1, -0.05) is 18.2 Å². The van der Waals surface area contributed by atoms with Gasteiger partial charge in [0.05, 0.1) is 24.1 Å². The molecule has 0 radical (unpaired) electrons. The molecule has 8 nitrogen and oxygen atoms in total. The minimum absolute atomic E-state index is 0.0110. The fourth-order valence-electron chi connectivity index (χ4n) is 4.01. The van der Waals surface area contributed by atoms with Gasteiger partial charge in [0.15, 0.2) is 0 Å². The van der Waals surface area contributed by atoms with E-state index in [1.807, 2.05) is 37.3 Å². The molecule has 2 aliphatic rings. The van der Waals surface area contributed by atoms with E-state index in [9.17, 15) is 9.59 Å². The number of fused-ring (bicyclic) bond motifs is 2.